The van der Waals surface area contributed by atoms with E-state index >= 15 is 0 Å². The number of hydrogen-bond donors (Lipinski definition) is 2. The van der Waals surface area contributed by atoms with Crippen LogP contribution in [0, 0.1) is 5.82 Å². The standard InChI is InChI=1S/C18H25FN2O3/c1-23-12-16(22)11-21-6-4-15(5-7-21)20-10-17-9-13-8-14(19)2-3-18(13)24-17/h2-3,8-9,15-16,20,22H,4-7,10-12H2,1H3. The van der Waals surface area contributed by atoms with E-state index in [9.17, 15) is 9.50 Å². The number of nitrogens with zero attached hydrogens (tertiary/aromatic N) is 1. The van der Waals surface area contributed by atoms with Crippen LogP contribution in [0.25, 0.3) is 11.0 Å². The van der Waals surface area contributed by atoms with Gasteiger partial charge in [0.15, 0.2) is 0 Å². The molecule has 1 aliphatic heterocycles. The molecule has 2 aromatic rings. The first-order chi connectivity index (χ1) is 11.6. The lowest BCUT2D eigenvalue weighted by atomic mass is 10.0. The quantitative estimate of drug-likeness (QED) is 0.811. The second-order valence-electron chi connectivity index (χ2n) is 6.46. The number of nitrogens with one attached hydrogen (secondary N) is 1. The number of β-amino-alcohol motifs (C(OH)–C–C–N with tert-alkyl or cyclic N) is 1. The number of methoxy groups -OCH3 is 1. The highest BCUT2D eigenvalue weighted by molar-refractivity contribution is 5.77. The molecule has 6 heteroatoms. The third-order valence-electron chi connectivity index (χ3n) is 4.51. The molecule has 1 saturated heterocycles. The summed E-state index contributed by atoms with van der Waals surface area (Å²) in [5.74, 6) is 0.583. The molecule has 0 spiro atoms. The van der Waals surface area contributed by atoms with Crippen LogP contribution in [0.4, 0.5) is 4.39 Å². The van der Waals surface area contributed by atoms with Gasteiger partial charge < -0.3 is 24.5 Å². The second-order valence-corrected chi connectivity index (χ2v) is 6.46. The molecule has 1 fully saturated rings. The summed E-state index contributed by atoms with van der Waals surface area (Å²) >= 11 is 0. The monoisotopic (exact) mass is 336 g/mol. The SMILES string of the molecule is COCC(O)CN1CCC(NCc2cc3cc(F)ccc3o2)CC1. The third kappa shape index (κ3) is 4.54. The largest absolute Gasteiger partial charge is 0.460 e. The fourth-order valence-corrected chi connectivity index (χ4v) is 3.26. The Balaban J connectivity index is 1.44. The van der Waals surface area contributed by atoms with E-state index in [1.807, 2.05) is 6.07 Å². The van der Waals surface area contributed by atoms with Crippen LogP contribution in [0.2, 0.25) is 0 Å². The van der Waals surface area contributed by atoms with Gasteiger partial charge in [0.25, 0.3) is 0 Å². The molecular weight excluding hydrogens is 311 g/mol. The van der Waals surface area contributed by atoms with Crippen molar-refractivity contribution >= 4 is 11.0 Å². The van der Waals surface area contributed by atoms with Gasteiger partial charge in [-0.15, -0.1) is 0 Å². The van der Waals surface area contributed by atoms with Gasteiger partial charge in [-0.1, -0.05) is 0 Å². The number of likely N-dealkylation sites (tertiary alicyclic amines) is 1. The summed E-state index contributed by atoms with van der Waals surface area (Å²) in [6.45, 7) is 3.61. The fourth-order valence-electron chi connectivity index (χ4n) is 3.26. The van der Waals surface area contributed by atoms with E-state index in [0.29, 0.717) is 25.7 Å². The summed E-state index contributed by atoms with van der Waals surface area (Å²) < 4.78 is 23.9. The summed E-state index contributed by atoms with van der Waals surface area (Å²) in [5.41, 5.74) is 0.718. The van der Waals surface area contributed by atoms with Crippen LogP contribution in [0.15, 0.2) is 28.7 Å². The summed E-state index contributed by atoms with van der Waals surface area (Å²) in [7, 11) is 1.60. The molecule has 1 aliphatic rings. The number of halogens is 1. The first-order valence-electron chi connectivity index (χ1n) is 8.45. The number of fused-ring (bicyclic) bond motifs is 1. The number of ether oxygens (including phenoxy) is 1. The minimum absolute atomic E-state index is 0.245. The van der Waals surface area contributed by atoms with Crippen LogP contribution < -0.4 is 5.32 Å². The van der Waals surface area contributed by atoms with Crippen LogP contribution in [-0.2, 0) is 11.3 Å². The van der Waals surface area contributed by atoms with Gasteiger partial charge in [-0.25, -0.2) is 4.39 Å². The van der Waals surface area contributed by atoms with Crippen molar-refractivity contribution in [2.24, 2.45) is 0 Å². The maximum absolute atomic E-state index is 13.2. The number of piperidine rings is 1. The number of furan rings is 1. The predicted molar refractivity (Wildman–Crippen MR) is 90.4 cm³/mol. The number of hydrogen-bond acceptors (Lipinski definition) is 5. The van der Waals surface area contributed by atoms with Crippen LogP contribution in [0.1, 0.15) is 18.6 Å². The van der Waals surface area contributed by atoms with E-state index in [2.05, 4.69) is 10.2 Å². The van der Waals surface area contributed by atoms with Crippen LogP contribution >= 0.6 is 0 Å². The molecule has 3 rings (SSSR count). The Bertz CT molecular complexity index is 653. The Hall–Kier alpha value is -1.47. The van der Waals surface area contributed by atoms with E-state index in [-0.39, 0.29) is 5.82 Å². The molecule has 24 heavy (non-hydrogen) atoms. The van der Waals surface area contributed by atoms with Crippen molar-refractivity contribution in [1.82, 2.24) is 10.2 Å². The summed E-state index contributed by atoms with van der Waals surface area (Å²) in [6, 6.07) is 6.90. The zero-order chi connectivity index (χ0) is 16.9. The Labute approximate surface area is 141 Å². The molecule has 0 bridgehead atoms. The van der Waals surface area contributed by atoms with Gasteiger partial charge in [0.05, 0.1) is 19.3 Å². The molecule has 0 aliphatic carbocycles. The van der Waals surface area contributed by atoms with Crippen molar-refractivity contribution in [3.05, 3.63) is 35.8 Å². The first-order valence-corrected chi connectivity index (χ1v) is 8.45. The van der Waals surface area contributed by atoms with Gasteiger partial charge in [0.2, 0.25) is 0 Å². The topological polar surface area (TPSA) is 57.9 Å². The van der Waals surface area contributed by atoms with Crippen LogP contribution in [0.3, 0.4) is 0 Å². The predicted octanol–water partition coefficient (Wildman–Crippen LogP) is 2.13. The van der Waals surface area contributed by atoms with Gasteiger partial charge in [0, 0.05) is 25.1 Å². The molecule has 2 N–H and O–H groups in total. The average Bonchev–Trinajstić information content (AvgIpc) is 2.96. The zero-order valence-corrected chi connectivity index (χ0v) is 14.0. The lowest BCUT2D eigenvalue weighted by molar-refractivity contribution is 0.0310. The number of rotatable bonds is 7. The van der Waals surface area contributed by atoms with E-state index in [4.69, 9.17) is 9.15 Å². The summed E-state index contributed by atoms with van der Waals surface area (Å²) in [5, 5.41) is 14.1. The third-order valence-corrected chi connectivity index (χ3v) is 4.51. The van der Waals surface area contributed by atoms with E-state index in [0.717, 1.165) is 42.7 Å². The molecule has 1 unspecified atom stereocenters. The van der Waals surface area contributed by atoms with Crippen molar-refractivity contribution in [2.75, 3.05) is 33.4 Å². The lowest BCUT2D eigenvalue weighted by Crippen LogP contribution is -2.45. The molecule has 0 radical (unpaired) electrons. The van der Waals surface area contributed by atoms with E-state index in [1.165, 1.54) is 12.1 Å². The molecular formula is C18H25FN2O3. The molecule has 1 aromatic heterocycles. The number of aliphatic hydroxyl groups excluding tert-OH is 1. The van der Waals surface area contributed by atoms with Gasteiger partial charge in [0.1, 0.15) is 17.2 Å². The van der Waals surface area contributed by atoms with Gasteiger partial charge >= 0.3 is 0 Å². The highest BCUT2D eigenvalue weighted by atomic mass is 19.1. The van der Waals surface area contributed by atoms with Gasteiger partial charge in [-0.3, -0.25) is 0 Å². The normalized spacial score (nSPS) is 18.3. The first kappa shape index (κ1) is 17.4. The van der Waals surface area contributed by atoms with Crippen molar-refractivity contribution in [2.45, 2.75) is 31.5 Å². The number of aliphatic hydroxyl groups is 1. The summed E-state index contributed by atoms with van der Waals surface area (Å²) in [4.78, 5) is 2.27. The van der Waals surface area contributed by atoms with Crippen molar-refractivity contribution in [3.63, 3.8) is 0 Å². The fraction of sp³-hybridized carbons (Fsp3) is 0.556. The van der Waals surface area contributed by atoms with Gasteiger partial charge in [-0.05, 0) is 50.2 Å². The molecule has 5 nitrogen and oxygen atoms in total. The highest BCUT2D eigenvalue weighted by Crippen LogP contribution is 2.21. The minimum Gasteiger partial charge on any atom is -0.460 e. The lowest BCUT2D eigenvalue weighted by Gasteiger charge is -2.33. The molecule has 0 saturated carbocycles. The number of benzene rings is 1. The minimum atomic E-state index is -0.421. The van der Waals surface area contributed by atoms with Crippen LogP contribution in [0.5, 0.6) is 0 Å². The van der Waals surface area contributed by atoms with Crippen LogP contribution in [-0.4, -0.2) is 55.5 Å². The van der Waals surface area contributed by atoms with E-state index in [1.54, 1.807) is 13.2 Å². The Morgan fingerprint density at radius 1 is 1.38 bits per heavy atom. The van der Waals surface area contributed by atoms with Gasteiger partial charge in [-0.2, -0.15) is 0 Å². The van der Waals surface area contributed by atoms with Crippen molar-refractivity contribution < 1.29 is 18.7 Å². The maximum atomic E-state index is 13.2. The highest BCUT2D eigenvalue weighted by Gasteiger charge is 2.21. The molecule has 0 amide bonds. The van der Waals surface area contributed by atoms with E-state index < -0.39 is 6.10 Å². The molecule has 1 aromatic carbocycles. The summed E-state index contributed by atoms with van der Waals surface area (Å²) in [6.07, 6.45) is 1.65. The molecule has 2 heterocycles. The maximum Gasteiger partial charge on any atom is 0.134 e. The average molecular weight is 336 g/mol. The van der Waals surface area contributed by atoms with Crippen molar-refractivity contribution in [1.29, 1.82) is 0 Å². The Kier molecular flexibility index (Phi) is 5.84. The molecule has 132 valence electrons. The molecule has 1 atom stereocenters. The Morgan fingerprint density at radius 2 is 2.17 bits per heavy atom. The zero-order valence-electron chi connectivity index (χ0n) is 14.0. The Morgan fingerprint density at radius 3 is 2.92 bits per heavy atom. The van der Waals surface area contributed by atoms with Crippen molar-refractivity contribution in [3.8, 4) is 0 Å². The smallest absolute Gasteiger partial charge is 0.134 e. The second kappa shape index (κ2) is 8.07.